The number of aryl methyl sites for hydroxylation is 1. The summed E-state index contributed by atoms with van der Waals surface area (Å²) in [5.74, 6) is 0.00900. The van der Waals surface area contributed by atoms with Gasteiger partial charge in [0.15, 0.2) is 5.76 Å². The highest BCUT2D eigenvalue weighted by atomic mass is 35.5. The number of anilines is 1. The van der Waals surface area contributed by atoms with Gasteiger partial charge in [-0.05, 0) is 42.3 Å². The average Bonchev–Trinajstić information content (AvgIpc) is 3.18. The fourth-order valence-electron chi connectivity index (χ4n) is 2.87. The van der Waals surface area contributed by atoms with Crippen molar-refractivity contribution in [1.29, 1.82) is 0 Å². The van der Waals surface area contributed by atoms with Gasteiger partial charge in [-0.25, -0.2) is 0 Å². The molecule has 3 aromatic rings. The van der Waals surface area contributed by atoms with Crippen molar-refractivity contribution in [3.63, 3.8) is 0 Å². The number of halogens is 1. The molecule has 28 heavy (non-hydrogen) atoms. The fourth-order valence-corrected chi connectivity index (χ4v) is 3.10. The number of rotatable bonds is 6. The zero-order valence-electron chi connectivity index (χ0n) is 15.7. The van der Waals surface area contributed by atoms with E-state index in [1.54, 1.807) is 25.2 Å². The Morgan fingerprint density at radius 2 is 1.75 bits per heavy atom. The van der Waals surface area contributed by atoms with Gasteiger partial charge in [-0.2, -0.15) is 0 Å². The van der Waals surface area contributed by atoms with Crippen LogP contribution in [0.3, 0.4) is 0 Å². The lowest BCUT2D eigenvalue weighted by atomic mass is 10.1. The summed E-state index contributed by atoms with van der Waals surface area (Å²) < 4.78 is 5.66. The van der Waals surface area contributed by atoms with Gasteiger partial charge >= 0.3 is 0 Å². The maximum atomic E-state index is 12.6. The van der Waals surface area contributed by atoms with Crippen molar-refractivity contribution in [3.05, 3.63) is 77.0 Å². The summed E-state index contributed by atoms with van der Waals surface area (Å²) in [6.07, 6.45) is 0.808. The molecule has 0 spiro atoms. The van der Waals surface area contributed by atoms with Crippen molar-refractivity contribution < 1.29 is 14.0 Å². The Morgan fingerprint density at radius 1 is 1.04 bits per heavy atom. The van der Waals surface area contributed by atoms with E-state index in [9.17, 15) is 9.59 Å². The van der Waals surface area contributed by atoms with Crippen molar-refractivity contribution in [2.75, 3.05) is 18.9 Å². The van der Waals surface area contributed by atoms with E-state index < -0.39 is 0 Å². The molecule has 0 radical (unpaired) electrons. The van der Waals surface area contributed by atoms with E-state index in [1.807, 2.05) is 49.4 Å². The predicted octanol–water partition coefficient (Wildman–Crippen LogP) is 4.87. The molecule has 0 aliphatic rings. The van der Waals surface area contributed by atoms with Gasteiger partial charge in [-0.15, -0.1) is 0 Å². The molecule has 0 fully saturated rings. The molecule has 3 rings (SSSR count). The summed E-state index contributed by atoms with van der Waals surface area (Å²) in [7, 11) is 1.56. The van der Waals surface area contributed by atoms with Gasteiger partial charge < -0.3 is 14.6 Å². The Bertz CT molecular complexity index is 997. The quantitative estimate of drug-likeness (QED) is 0.646. The molecule has 0 bridgehead atoms. The standard InChI is InChI=1S/C22H21ClN2O3/c1-3-15-8-4-7-11-18(15)24-21(26)14-25(2)22(27)20-13-12-19(28-20)16-9-5-6-10-17(16)23/h4-13H,3,14H2,1-2H3,(H,24,26). The van der Waals surface area contributed by atoms with Gasteiger partial charge in [-0.1, -0.05) is 48.9 Å². The van der Waals surface area contributed by atoms with Crippen LogP contribution in [0.2, 0.25) is 5.02 Å². The minimum atomic E-state index is -0.378. The first-order chi connectivity index (χ1) is 13.5. The molecule has 6 heteroatoms. The molecule has 2 aromatic carbocycles. The first-order valence-corrected chi connectivity index (χ1v) is 9.35. The molecule has 5 nitrogen and oxygen atoms in total. The van der Waals surface area contributed by atoms with E-state index in [1.165, 1.54) is 4.90 Å². The molecular weight excluding hydrogens is 376 g/mol. The molecule has 0 atom stereocenters. The topological polar surface area (TPSA) is 62.6 Å². The van der Waals surface area contributed by atoms with E-state index in [0.29, 0.717) is 16.3 Å². The molecule has 1 aromatic heterocycles. The van der Waals surface area contributed by atoms with Gasteiger partial charge in [-0.3, -0.25) is 9.59 Å². The molecule has 0 aliphatic carbocycles. The van der Waals surface area contributed by atoms with E-state index >= 15 is 0 Å². The van der Waals surface area contributed by atoms with E-state index in [4.69, 9.17) is 16.0 Å². The molecule has 2 amide bonds. The summed E-state index contributed by atoms with van der Waals surface area (Å²) in [6, 6.07) is 18.1. The number of carbonyl (C=O) groups is 2. The van der Waals surface area contributed by atoms with Gasteiger partial charge in [0.25, 0.3) is 5.91 Å². The smallest absolute Gasteiger partial charge is 0.289 e. The largest absolute Gasteiger partial charge is 0.451 e. The van der Waals surface area contributed by atoms with Crippen LogP contribution < -0.4 is 5.32 Å². The molecule has 0 unspecified atom stereocenters. The number of carbonyl (C=O) groups excluding carboxylic acids is 2. The Kier molecular flexibility index (Phi) is 6.16. The second-order valence-corrected chi connectivity index (χ2v) is 6.77. The maximum absolute atomic E-state index is 12.6. The Labute approximate surface area is 168 Å². The number of para-hydroxylation sites is 1. The lowest BCUT2D eigenvalue weighted by molar-refractivity contribution is -0.116. The van der Waals surface area contributed by atoms with Crippen molar-refractivity contribution in [2.24, 2.45) is 0 Å². The molecule has 1 heterocycles. The van der Waals surface area contributed by atoms with Crippen molar-refractivity contribution in [3.8, 4) is 11.3 Å². The minimum absolute atomic E-state index is 0.0843. The van der Waals surface area contributed by atoms with Gasteiger partial charge in [0.05, 0.1) is 11.6 Å². The summed E-state index contributed by atoms with van der Waals surface area (Å²) >= 11 is 6.17. The SMILES string of the molecule is CCc1ccccc1NC(=O)CN(C)C(=O)c1ccc(-c2ccccc2Cl)o1. The van der Waals surface area contributed by atoms with Gasteiger partial charge in [0, 0.05) is 18.3 Å². The summed E-state index contributed by atoms with van der Waals surface area (Å²) in [4.78, 5) is 26.3. The summed E-state index contributed by atoms with van der Waals surface area (Å²) in [6.45, 7) is 1.94. The molecule has 0 saturated heterocycles. The van der Waals surface area contributed by atoms with E-state index in [-0.39, 0.29) is 24.1 Å². The minimum Gasteiger partial charge on any atom is -0.451 e. The van der Waals surface area contributed by atoms with Gasteiger partial charge in [0.2, 0.25) is 5.91 Å². The monoisotopic (exact) mass is 396 g/mol. The number of furan rings is 1. The zero-order chi connectivity index (χ0) is 20.1. The number of likely N-dealkylation sites (N-methyl/N-ethyl adjacent to an activating group) is 1. The lowest BCUT2D eigenvalue weighted by Gasteiger charge is -2.16. The first kappa shape index (κ1) is 19.7. The maximum Gasteiger partial charge on any atom is 0.289 e. The van der Waals surface area contributed by atoms with Crippen LogP contribution in [0.5, 0.6) is 0 Å². The van der Waals surface area contributed by atoms with Crippen molar-refractivity contribution in [2.45, 2.75) is 13.3 Å². The molecule has 0 saturated carbocycles. The Hall–Kier alpha value is -3.05. The van der Waals surface area contributed by atoms with E-state index in [2.05, 4.69) is 5.32 Å². The lowest BCUT2D eigenvalue weighted by Crippen LogP contribution is -2.34. The number of benzene rings is 2. The van der Waals surface area contributed by atoms with Crippen LogP contribution in [0, 0.1) is 0 Å². The third kappa shape index (κ3) is 4.43. The van der Waals surface area contributed by atoms with Crippen LogP contribution in [0.1, 0.15) is 23.0 Å². The zero-order valence-corrected chi connectivity index (χ0v) is 16.5. The third-order valence-electron chi connectivity index (χ3n) is 4.36. The van der Waals surface area contributed by atoms with Crippen LogP contribution >= 0.6 is 11.6 Å². The summed E-state index contributed by atoms with van der Waals surface area (Å²) in [5, 5.41) is 3.40. The molecule has 1 N–H and O–H groups in total. The normalized spacial score (nSPS) is 10.5. The van der Waals surface area contributed by atoms with E-state index in [0.717, 1.165) is 17.7 Å². The highest BCUT2D eigenvalue weighted by Gasteiger charge is 2.20. The molecular formula is C22H21ClN2O3. The van der Waals surface area contributed by atoms with Crippen molar-refractivity contribution >= 4 is 29.1 Å². The van der Waals surface area contributed by atoms with Crippen LogP contribution in [0.4, 0.5) is 5.69 Å². The first-order valence-electron chi connectivity index (χ1n) is 8.97. The van der Waals surface area contributed by atoms with Crippen LogP contribution in [0.15, 0.2) is 65.1 Å². The average molecular weight is 397 g/mol. The number of amides is 2. The summed E-state index contributed by atoms with van der Waals surface area (Å²) in [5.41, 5.74) is 2.51. The number of nitrogens with zero attached hydrogens (tertiary/aromatic N) is 1. The predicted molar refractivity (Wildman–Crippen MR) is 111 cm³/mol. The number of hydrogen-bond donors (Lipinski definition) is 1. The fraction of sp³-hybridized carbons (Fsp3) is 0.182. The highest BCUT2D eigenvalue weighted by Crippen LogP contribution is 2.29. The van der Waals surface area contributed by atoms with Crippen LogP contribution in [0.25, 0.3) is 11.3 Å². The number of nitrogens with one attached hydrogen (secondary N) is 1. The number of hydrogen-bond acceptors (Lipinski definition) is 3. The third-order valence-corrected chi connectivity index (χ3v) is 4.69. The molecule has 0 aliphatic heterocycles. The van der Waals surface area contributed by atoms with Crippen molar-refractivity contribution in [1.82, 2.24) is 4.90 Å². The van der Waals surface area contributed by atoms with Gasteiger partial charge in [0.1, 0.15) is 5.76 Å². The second-order valence-electron chi connectivity index (χ2n) is 6.36. The molecule has 144 valence electrons. The second kappa shape index (κ2) is 8.76. The van der Waals surface area contributed by atoms with Crippen LogP contribution in [-0.4, -0.2) is 30.3 Å². The Morgan fingerprint density at radius 3 is 2.50 bits per heavy atom. The Balaban J connectivity index is 1.66. The highest BCUT2D eigenvalue weighted by molar-refractivity contribution is 6.33. The van der Waals surface area contributed by atoms with Crippen LogP contribution in [-0.2, 0) is 11.2 Å².